The van der Waals surface area contributed by atoms with Crippen LogP contribution in [0.25, 0.3) is 0 Å². The zero-order chi connectivity index (χ0) is 11.4. The number of fused-ring (bicyclic) bond motifs is 1. The topological polar surface area (TPSA) is 70.8 Å². The molecule has 1 aliphatic heterocycles. The third kappa shape index (κ3) is 2.62. The fraction of sp³-hybridized carbons (Fsp3) is 0.400. The quantitative estimate of drug-likeness (QED) is 0.644. The molecule has 6 heteroatoms. The van der Waals surface area contributed by atoms with E-state index in [1.165, 1.54) is 0 Å². The Morgan fingerprint density at radius 1 is 1.44 bits per heavy atom. The minimum absolute atomic E-state index is 0.0570. The first-order valence-corrected chi connectivity index (χ1v) is 6.75. The molecule has 0 spiro atoms. The highest BCUT2D eigenvalue weighted by Crippen LogP contribution is 2.53. The maximum absolute atomic E-state index is 12.1. The van der Waals surface area contributed by atoms with E-state index in [0.29, 0.717) is 25.5 Å². The summed E-state index contributed by atoms with van der Waals surface area (Å²) in [4.78, 5) is 0. The van der Waals surface area contributed by atoms with Gasteiger partial charge in [-0.15, -0.1) is 0 Å². The van der Waals surface area contributed by atoms with E-state index in [4.69, 9.17) is 19.5 Å². The lowest BCUT2D eigenvalue weighted by molar-refractivity contribution is 0.143. The molecule has 0 saturated heterocycles. The standard InChI is InChI=1S/C10H14NO4P/c11-5-6-13-8-16(12)14-7-9-3-1-2-4-10(9)15-16/h1-4H,5-8,11H2. The first-order chi connectivity index (χ1) is 7.73. The van der Waals surface area contributed by atoms with Crippen molar-refractivity contribution in [2.45, 2.75) is 6.61 Å². The van der Waals surface area contributed by atoms with Crippen LogP contribution in [0.3, 0.4) is 0 Å². The number of hydrogen-bond acceptors (Lipinski definition) is 5. The van der Waals surface area contributed by atoms with Gasteiger partial charge in [-0.25, -0.2) is 4.57 Å². The highest BCUT2D eigenvalue weighted by Gasteiger charge is 2.31. The first-order valence-electron chi connectivity index (χ1n) is 5.02. The maximum Gasteiger partial charge on any atom is 0.405 e. The van der Waals surface area contributed by atoms with Gasteiger partial charge in [0.15, 0.2) is 6.35 Å². The van der Waals surface area contributed by atoms with E-state index in [1.807, 2.05) is 18.2 Å². The van der Waals surface area contributed by atoms with Gasteiger partial charge in [0.2, 0.25) is 0 Å². The number of rotatable bonds is 4. The van der Waals surface area contributed by atoms with Gasteiger partial charge in [0.05, 0.1) is 13.2 Å². The van der Waals surface area contributed by atoms with Crippen LogP contribution in [0.15, 0.2) is 24.3 Å². The largest absolute Gasteiger partial charge is 0.422 e. The Labute approximate surface area is 94.0 Å². The number of hydrogen-bond donors (Lipinski definition) is 1. The average Bonchev–Trinajstić information content (AvgIpc) is 2.29. The van der Waals surface area contributed by atoms with Gasteiger partial charge in [0.25, 0.3) is 0 Å². The number of ether oxygens (including phenoxy) is 1. The van der Waals surface area contributed by atoms with Gasteiger partial charge in [0, 0.05) is 12.1 Å². The molecular formula is C10H14NO4P. The van der Waals surface area contributed by atoms with Crippen molar-refractivity contribution in [1.29, 1.82) is 0 Å². The minimum atomic E-state index is -3.15. The predicted octanol–water partition coefficient (Wildman–Crippen LogP) is 1.72. The average molecular weight is 243 g/mol. The Bertz CT molecular complexity index is 410. The van der Waals surface area contributed by atoms with Crippen molar-refractivity contribution in [2.75, 3.05) is 19.5 Å². The SMILES string of the molecule is NCCOCP1(=O)OCc2ccccc2O1. The molecule has 1 unspecified atom stereocenters. The van der Waals surface area contributed by atoms with Crippen LogP contribution in [0, 0.1) is 0 Å². The molecule has 1 atom stereocenters. The Morgan fingerprint density at radius 2 is 2.25 bits per heavy atom. The second-order valence-electron chi connectivity index (χ2n) is 3.41. The first kappa shape index (κ1) is 11.6. The molecule has 0 aromatic heterocycles. The predicted molar refractivity (Wildman–Crippen MR) is 59.3 cm³/mol. The van der Waals surface area contributed by atoms with Crippen LogP contribution in [0.1, 0.15) is 5.56 Å². The van der Waals surface area contributed by atoms with E-state index in [9.17, 15) is 4.57 Å². The lowest BCUT2D eigenvalue weighted by Crippen LogP contribution is -2.14. The van der Waals surface area contributed by atoms with Crippen molar-refractivity contribution < 1.29 is 18.3 Å². The van der Waals surface area contributed by atoms with Crippen LogP contribution >= 0.6 is 7.60 Å². The fourth-order valence-corrected chi connectivity index (χ4v) is 2.73. The van der Waals surface area contributed by atoms with Crippen molar-refractivity contribution in [3.63, 3.8) is 0 Å². The summed E-state index contributed by atoms with van der Waals surface area (Å²) in [6, 6.07) is 7.36. The number of nitrogens with two attached hydrogens (primary N) is 1. The third-order valence-electron chi connectivity index (χ3n) is 2.14. The van der Waals surface area contributed by atoms with Gasteiger partial charge in [-0.1, -0.05) is 18.2 Å². The van der Waals surface area contributed by atoms with Crippen molar-refractivity contribution in [3.05, 3.63) is 29.8 Å². The highest BCUT2D eigenvalue weighted by atomic mass is 31.2. The zero-order valence-electron chi connectivity index (χ0n) is 8.80. The second-order valence-corrected chi connectivity index (χ2v) is 5.33. The lowest BCUT2D eigenvalue weighted by atomic mass is 10.2. The van der Waals surface area contributed by atoms with Crippen molar-refractivity contribution in [1.82, 2.24) is 0 Å². The van der Waals surface area contributed by atoms with E-state index < -0.39 is 7.60 Å². The molecule has 1 heterocycles. The van der Waals surface area contributed by atoms with Crippen molar-refractivity contribution >= 4 is 7.60 Å². The molecule has 2 N–H and O–H groups in total. The molecule has 0 bridgehead atoms. The van der Waals surface area contributed by atoms with Crippen LogP contribution in [0.4, 0.5) is 0 Å². The molecule has 0 radical (unpaired) electrons. The molecule has 1 aliphatic rings. The van der Waals surface area contributed by atoms with Gasteiger partial charge in [-0.3, -0.25) is 4.52 Å². The fourth-order valence-electron chi connectivity index (χ4n) is 1.38. The molecule has 0 fully saturated rings. The van der Waals surface area contributed by atoms with Crippen LogP contribution in [0.2, 0.25) is 0 Å². The highest BCUT2D eigenvalue weighted by molar-refractivity contribution is 7.54. The number of para-hydroxylation sites is 1. The van der Waals surface area contributed by atoms with Crippen LogP contribution < -0.4 is 10.3 Å². The molecule has 0 aliphatic carbocycles. The smallest absolute Gasteiger partial charge is 0.405 e. The zero-order valence-corrected chi connectivity index (χ0v) is 9.69. The summed E-state index contributed by atoms with van der Waals surface area (Å²) in [5.41, 5.74) is 6.16. The molecule has 1 aromatic rings. The van der Waals surface area contributed by atoms with E-state index in [1.54, 1.807) is 6.07 Å². The molecule has 0 amide bonds. The van der Waals surface area contributed by atoms with Gasteiger partial charge in [-0.2, -0.15) is 0 Å². The minimum Gasteiger partial charge on any atom is -0.422 e. The molecule has 0 saturated carbocycles. The molecule has 5 nitrogen and oxygen atoms in total. The van der Waals surface area contributed by atoms with Gasteiger partial charge in [0.1, 0.15) is 5.75 Å². The Kier molecular flexibility index (Phi) is 3.61. The van der Waals surface area contributed by atoms with Crippen molar-refractivity contribution in [3.8, 4) is 5.75 Å². The van der Waals surface area contributed by atoms with Gasteiger partial charge < -0.3 is 15.0 Å². The summed E-state index contributed by atoms with van der Waals surface area (Å²) in [7, 11) is -3.15. The van der Waals surface area contributed by atoms with E-state index in [2.05, 4.69) is 0 Å². The van der Waals surface area contributed by atoms with Crippen LogP contribution in [-0.4, -0.2) is 19.5 Å². The summed E-state index contributed by atoms with van der Waals surface area (Å²) in [5.74, 6) is 0.605. The van der Waals surface area contributed by atoms with Crippen molar-refractivity contribution in [2.24, 2.45) is 5.73 Å². The second kappa shape index (κ2) is 4.97. The molecule has 16 heavy (non-hydrogen) atoms. The molecule has 1 aromatic carbocycles. The summed E-state index contributed by atoms with van der Waals surface area (Å²) in [6.07, 6.45) is -0.0570. The Morgan fingerprint density at radius 3 is 3.06 bits per heavy atom. The number of benzene rings is 1. The summed E-state index contributed by atoms with van der Waals surface area (Å²) < 4.78 is 27.7. The lowest BCUT2D eigenvalue weighted by Gasteiger charge is -2.25. The Balaban J connectivity index is 2.03. The third-order valence-corrected chi connectivity index (χ3v) is 3.63. The summed E-state index contributed by atoms with van der Waals surface area (Å²) in [5, 5.41) is 0. The molecular weight excluding hydrogens is 229 g/mol. The molecule has 2 rings (SSSR count). The maximum atomic E-state index is 12.1. The van der Waals surface area contributed by atoms with Gasteiger partial charge in [-0.05, 0) is 6.07 Å². The monoisotopic (exact) mass is 243 g/mol. The Hall–Kier alpha value is -0.870. The summed E-state index contributed by atoms with van der Waals surface area (Å²) in [6.45, 7) is 1.02. The summed E-state index contributed by atoms with van der Waals surface area (Å²) >= 11 is 0. The molecule has 88 valence electrons. The van der Waals surface area contributed by atoms with Gasteiger partial charge >= 0.3 is 7.60 Å². The van der Waals surface area contributed by atoms with Crippen LogP contribution in [0.5, 0.6) is 5.75 Å². The van der Waals surface area contributed by atoms with E-state index >= 15 is 0 Å². The van der Waals surface area contributed by atoms with E-state index in [-0.39, 0.29) is 6.35 Å². The normalized spacial score (nSPS) is 23.6. The van der Waals surface area contributed by atoms with Crippen LogP contribution in [-0.2, 0) is 20.4 Å². The van der Waals surface area contributed by atoms with E-state index in [0.717, 1.165) is 5.56 Å².